The van der Waals surface area contributed by atoms with E-state index < -0.39 is 0 Å². The van der Waals surface area contributed by atoms with Crippen LogP contribution in [0.1, 0.15) is 4.88 Å². The van der Waals surface area contributed by atoms with Crippen LogP contribution in [0.15, 0.2) is 22.1 Å². The lowest BCUT2D eigenvalue weighted by molar-refractivity contribution is 1.17. The highest BCUT2D eigenvalue weighted by atomic mass is 79.9. The third-order valence-corrected chi connectivity index (χ3v) is 3.97. The first-order chi connectivity index (χ1) is 6.74. The maximum atomic E-state index is 5.56. The Hall–Kier alpha value is -0.590. The number of thiophene rings is 1. The third-order valence-electron chi connectivity index (χ3n) is 1.57. The maximum absolute atomic E-state index is 5.56. The van der Waals surface area contributed by atoms with Crippen molar-refractivity contribution in [2.45, 2.75) is 6.54 Å². The average Bonchev–Trinajstić information content (AvgIpc) is 2.72. The van der Waals surface area contributed by atoms with Crippen LogP contribution in [0.5, 0.6) is 0 Å². The maximum Gasteiger partial charge on any atom is 0.184 e. The Kier molecular flexibility index (Phi) is 3.05. The SMILES string of the molecule is Nc1cnc(NCc2ccc(Br)s2)s1. The van der Waals surface area contributed by atoms with Crippen LogP contribution >= 0.6 is 38.6 Å². The molecule has 14 heavy (non-hydrogen) atoms. The predicted octanol–water partition coefficient (Wildman–Crippen LogP) is 3.16. The fourth-order valence-electron chi connectivity index (χ4n) is 0.978. The number of nitrogen functional groups attached to an aromatic ring is 1. The van der Waals surface area contributed by atoms with Crippen LogP contribution in [-0.4, -0.2) is 4.98 Å². The van der Waals surface area contributed by atoms with E-state index in [1.807, 2.05) is 6.07 Å². The molecule has 0 aliphatic carbocycles. The smallest absolute Gasteiger partial charge is 0.184 e. The number of hydrogen-bond acceptors (Lipinski definition) is 5. The van der Waals surface area contributed by atoms with Crippen molar-refractivity contribution in [3.8, 4) is 0 Å². The van der Waals surface area contributed by atoms with Crippen molar-refractivity contribution in [3.63, 3.8) is 0 Å². The Morgan fingerprint density at radius 3 is 2.86 bits per heavy atom. The summed E-state index contributed by atoms with van der Waals surface area (Å²) in [5.41, 5.74) is 5.56. The summed E-state index contributed by atoms with van der Waals surface area (Å²) in [6.07, 6.45) is 1.66. The van der Waals surface area contributed by atoms with Gasteiger partial charge in [0, 0.05) is 4.88 Å². The molecule has 2 aromatic heterocycles. The fraction of sp³-hybridized carbons (Fsp3) is 0.125. The van der Waals surface area contributed by atoms with Crippen molar-refractivity contribution in [1.82, 2.24) is 4.98 Å². The molecule has 74 valence electrons. The van der Waals surface area contributed by atoms with Gasteiger partial charge in [0.2, 0.25) is 0 Å². The van der Waals surface area contributed by atoms with E-state index in [0.29, 0.717) is 0 Å². The first-order valence-electron chi connectivity index (χ1n) is 3.93. The predicted molar refractivity (Wildman–Crippen MR) is 65.9 cm³/mol. The standard InChI is InChI=1S/C8H8BrN3S2/c9-6-2-1-5(13-6)3-11-8-12-4-7(10)14-8/h1-2,4H,3,10H2,(H,11,12). The Morgan fingerprint density at radius 1 is 1.43 bits per heavy atom. The molecule has 0 aromatic carbocycles. The van der Waals surface area contributed by atoms with Crippen LogP contribution in [0, 0.1) is 0 Å². The van der Waals surface area contributed by atoms with Gasteiger partial charge < -0.3 is 11.1 Å². The lowest BCUT2D eigenvalue weighted by Crippen LogP contribution is -1.95. The molecule has 2 heterocycles. The van der Waals surface area contributed by atoms with Crippen LogP contribution < -0.4 is 11.1 Å². The van der Waals surface area contributed by atoms with Gasteiger partial charge in [-0.2, -0.15) is 0 Å². The molecule has 0 aliphatic heterocycles. The summed E-state index contributed by atoms with van der Waals surface area (Å²) in [5.74, 6) is 0. The van der Waals surface area contributed by atoms with E-state index in [1.54, 1.807) is 17.5 Å². The molecule has 0 unspecified atom stereocenters. The second-order valence-corrected chi connectivity index (χ2v) is 6.24. The molecule has 0 amide bonds. The van der Waals surface area contributed by atoms with E-state index in [1.165, 1.54) is 16.2 Å². The van der Waals surface area contributed by atoms with Crippen LogP contribution in [-0.2, 0) is 6.54 Å². The minimum atomic E-state index is 0.736. The summed E-state index contributed by atoms with van der Waals surface area (Å²) < 4.78 is 1.15. The molecular formula is C8H8BrN3S2. The van der Waals surface area contributed by atoms with Crippen molar-refractivity contribution in [3.05, 3.63) is 27.0 Å². The topological polar surface area (TPSA) is 50.9 Å². The molecule has 3 nitrogen and oxygen atoms in total. The number of halogens is 1. The van der Waals surface area contributed by atoms with Gasteiger partial charge in [-0.05, 0) is 28.1 Å². The normalized spacial score (nSPS) is 10.4. The lowest BCUT2D eigenvalue weighted by Gasteiger charge is -1.97. The van der Waals surface area contributed by atoms with Crippen molar-refractivity contribution in [2.75, 3.05) is 11.1 Å². The third kappa shape index (κ3) is 2.46. The molecule has 6 heteroatoms. The summed E-state index contributed by atoms with van der Waals surface area (Å²) in [5, 5.41) is 4.82. The van der Waals surface area contributed by atoms with Crippen LogP contribution in [0.25, 0.3) is 0 Å². The largest absolute Gasteiger partial charge is 0.389 e. The molecule has 0 saturated carbocycles. The highest BCUT2D eigenvalue weighted by Gasteiger charge is 2.00. The van der Waals surface area contributed by atoms with E-state index in [4.69, 9.17) is 5.73 Å². The fourth-order valence-corrected chi connectivity index (χ4v) is 2.98. The van der Waals surface area contributed by atoms with Crippen molar-refractivity contribution in [1.29, 1.82) is 0 Å². The van der Waals surface area contributed by atoms with Gasteiger partial charge in [0.25, 0.3) is 0 Å². The number of nitrogens with two attached hydrogens (primary N) is 1. The molecule has 0 aliphatic rings. The number of anilines is 2. The summed E-state index contributed by atoms with van der Waals surface area (Å²) in [6.45, 7) is 0.795. The average molecular weight is 290 g/mol. The quantitative estimate of drug-likeness (QED) is 0.913. The second-order valence-electron chi connectivity index (χ2n) is 2.63. The molecule has 0 atom stereocenters. The van der Waals surface area contributed by atoms with Gasteiger partial charge in [0.15, 0.2) is 5.13 Å². The minimum absolute atomic E-state index is 0.736. The molecule has 0 saturated heterocycles. The number of aromatic nitrogens is 1. The summed E-state index contributed by atoms with van der Waals surface area (Å²) >= 11 is 6.60. The van der Waals surface area contributed by atoms with Gasteiger partial charge in [-0.1, -0.05) is 11.3 Å². The molecule has 0 spiro atoms. The van der Waals surface area contributed by atoms with Gasteiger partial charge >= 0.3 is 0 Å². The van der Waals surface area contributed by atoms with E-state index in [0.717, 1.165) is 20.5 Å². The molecular weight excluding hydrogens is 282 g/mol. The number of thiazole rings is 1. The van der Waals surface area contributed by atoms with Crippen LogP contribution in [0.2, 0.25) is 0 Å². The summed E-state index contributed by atoms with van der Waals surface area (Å²) in [4.78, 5) is 5.38. The first kappa shape index (κ1) is 9.95. The van der Waals surface area contributed by atoms with Gasteiger partial charge in [0.1, 0.15) is 5.00 Å². The highest BCUT2D eigenvalue weighted by molar-refractivity contribution is 9.11. The van der Waals surface area contributed by atoms with Gasteiger partial charge in [-0.3, -0.25) is 0 Å². The van der Waals surface area contributed by atoms with Crippen molar-refractivity contribution in [2.24, 2.45) is 0 Å². The van der Waals surface area contributed by atoms with Gasteiger partial charge in [-0.25, -0.2) is 4.98 Å². The monoisotopic (exact) mass is 289 g/mol. The van der Waals surface area contributed by atoms with Crippen molar-refractivity contribution >= 4 is 48.7 Å². The lowest BCUT2D eigenvalue weighted by atomic mass is 10.5. The molecule has 0 bridgehead atoms. The van der Waals surface area contributed by atoms with E-state index in [-0.39, 0.29) is 0 Å². The number of rotatable bonds is 3. The number of hydrogen-bond donors (Lipinski definition) is 2. The minimum Gasteiger partial charge on any atom is -0.389 e. The number of nitrogens with zero attached hydrogens (tertiary/aromatic N) is 1. The first-order valence-corrected chi connectivity index (χ1v) is 6.36. The van der Waals surface area contributed by atoms with Crippen LogP contribution in [0.3, 0.4) is 0 Å². The highest BCUT2D eigenvalue weighted by Crippen LogP contribution is 2.24. The zero-order valence-electron chi connectivity index (χ0n) is 7.16. The van der Waals surface area contributed by atoms with Crippen molar-refractivity contribution < 1.29 is 0 Å². The van der Waals surface area contributed by atoms with Gasteiger partial charge in [0.05, 0.1) is 16.5 Å². The zero-order chi connectivity index (χ0) is 9.97. The molecule has 0 radical (unpaired) electrons. The second kappa shape index (κ2) is 4.29. The Labute approximate surface area is 98.1 Å². The summed E-state index contributed by atoms with van der Waals surface area (Å²) in [7, 11) is 0. The Bertz CT molecular complexity index is 383. The Balaban J connectivity index is 1.94. The molecule has 0 fully saturated rings. The number of nitrogens with one attached hydrogen (secondary N) is 1. The molecule has 2 rings (SSSR count). The van der Waals surface area contributed by atoms with Gasteiger partial charge in [-0.15, -0.1) is 11.3 Å². The Morgan fingerprint density at radius 2 is 2.29 bits per heavy atom. The van der Waals surface area contributed by atoms with E-state index >= 15 is 0 Å². The van der Waals surface area contributed by atoms with E-state index in [2.05, 4.69) is 32.3 Å². The van der Waals surface area contributed by atoms with E-state index in [9.17, 15) is 0 Å². The zero-order valence-corrected chi connectivity index (χ0v) is 10.4. The summed E-state index contributed by atoms with van der Waals surface area (Å²) in [6, 6.07) is 4.12. The molecule has 3 N–H and O–H groups in total. The van der Waals surface area contributed by atoms with Crippen LogP contribution in [0.4, 0.5) is 10.1 Å². The molecule has 2 aromatic rings.